The maximum atomic E-state index is 8.45. The molecule has 2 unspecified atom stereocenters. The van der Waals surface area contributed by atoms with Crippen molar-refractivity contribution < 1.29 is 10.2 Å². The van der Waals surface area contributed by atoms with Gasteiger partial charge < -0.3 is 10.2 Å². The SMILES string of the molecule is CC(O)NC(C)O.Cc1ccccc1. The fourth-order valence-corrected chi connectivity index (χ4v) is 0.883. The molecule has 0 aliphatic heterocycles. The van der Waals surface area contributed by atoms with Gasteiger partial charge in [0.1, 0.15) is 12.5 Å². The molecule has 0 saturated carbocycles. The Labute approximate surface area is 85.4 Å². The minimum Gasteiger partial charge on any atom is -0.379 e. The van der Waals surface area contributed by atoms with E-state index in [1.807, 2.05) is 18.2 Å². The van der Waals surface area contributed by atoms with Gasteiger partial charge in [-0.15, -0.1) is 0 Å². The predicted molar refractivity (Wildman–Crippen MR) is 57.7 cm³/mol. The van der Waals surface area contributed by atoms with E-state index in [9.17, 15) is 0 Å². The number of rotatable bonds is 2. The first-order valence-electron chi connectivity index (χ1n) is 4.66. The number of aryl methyl sites for hydroxylation is 1. The van der Waals surface area contributed by atoms with E-state index in [0.717, 1.165) is 0 Å². The fourth-order valence-electron chi connectivity index (χ4n) is 0.883. The first kappa shape index (κ1) is 13.1. The van der Waals surface area contributed by atoms with Gasteiger partial charge in [0, 0.05) is 0 Å². The van der Waals surface area contributed by atoms with Crippen LogP contribution in [-0.2, 0) is 0 Å². The molecule has 1 aromatic carbocycles. The Morgan fingerprint density at radius 2 is 1.43 bits per heavy atom. The summed E-state index contributed by atoms with van der Waals surface area (Å²) >= 11 is 0. The van der Waals surface area contributed by atoms with Crippen molar-refractivity contribution >= 4 is 0 Å². The number of aliphatic hydroxyl groups excluding tert-OH is 2. The molecule has 2 atom stereocenters. The lowest BCUT2D eigenvalue weighted by Crippen LogP contribution is -2.33. The van der Waals surface area contributed by atoms with Crippen LogP contribution in [-0.4, -0.2) is 22.7 Å². The third-order valence-electron chi connectivity index (χ3n) is 1.42. The van der Waals surface area contributed by atoms with E-state index in [1.54, 1.807) is 13.8 Å². The van der Waals surface area contributed by atoms with Crippen LogP contribution in [0.2, 0.25) is 0 Å². The molecule has 0 aliphatic carbocycles. The normalized spacial score (nSPS) is 13.8. The Morgan fingerprint density at radius 1 is 1.00 bits per heavy atom. The van der Waals surface area contributed by atoms with Crippen molar-refractivity contribution in [2.75, 3.05) is 0 Å². The van der Waals surface area contributed by atoms with Crippen LogP contribution in [0.15, 0.2) is 30.3 Å². The van der Waals surface area contributed by atoms with Gasteiger partial charge in [0.15, 0.2) is 0 Å². The van der Waals surface area contributed by atoms with Crippen LogP contribution in [0.25, 0.3) is 0 Å². The van der Waals surface area contributed by atoms with Crippen molar-refractivity contribution in [3.8, 4) is 0 Å². The van der Waals surface area contributed by atoms with E-state index in [1.165, 1.54) is 5.56 Å². The minimum atomic E-state index is -0.625. The van der Waals surface area contributed by atoms with Gasteiger partial charge in [-0.1, -0.05) is 35.9 Å². The zero-order valence-corrected chi connectivity index (χ0v) is 8.94. The number of nitrogens with one attached hydrogen (secondary N) is 1. The molecule has 3 heteroatoms. The van der Waals surface area contributed by atoms with Crippen LogP contribution in [0.4, 0.5) is 0 Å². The Morgan fingerprint density at radius 3 is 1.57 bits per heavy atom. The monoisotopic (exact) mass is 197 g/mol. The van der Waals surface area contributed by atoms with E-state index in [2.05, 4.69) is 24.4 Å². The summed E-state index contributed by atoms with van der Waals surface area (Å²) in [4.78, 5) is 0. The number of hydrogen-bond donors (Lipinski definition) is 3. The molecule has 0 amide bonds. The molecule has 14 heavy (non-hydrogen) atoms. The van der Waals surface area contributed by atoms with Gasteiger partial charge in [0.25, 0.3) is 0 Å². The Balaban J connectivity index is 0.000000241. The summed E-state index contributed by atoms with van der Waals surface area (Å²) in [6.07, 6.45) is -1.25. The van der Waals surface area contributed by atoms with Gasteiger partial charge in [0.2, 0.25) is 0 Å². The predicted octanol–water partition coefficient (Wildman–Crippen LogP) is 1.25. The van der Waals surface area contributed by atoms with Gasteiger partial charge in [-0.2, -0.15) is 0 Å². The first-order valence-corrected chi connectivity index (χ1v) is 4.66. The van der Waals surface area contributed by atoms with E-state index < -0.39 is 12.5 Å². The highest BCUT2D eigenvalue weighted by molar-refractivity contribution is 5.11. The average molecular weight is 197 g/mol. The van der Waals surface area contributed by atoms with Crippen LogP contribution in [0.5, 0.6) is 0 Å². The van der Waals surface area contributed by atoms with Crippen molar-refractivity contribution in [2.24, 2.45) is 0 Å². The van der Waals surface area contributed by atoms with Gasteiger partial charge in [-0.25, -0.2) is 0 Å². The Kier molecular flexibility index (Phi) is 7.02. The summed E-state index contributed by atoms with van der Waals surface area (Å²) in [5, 5.41) is 19.3. The third-order valence-corrected chi connectivity index (χ3v) is 1.42. The molecule has 1 rings (SSSR count). The second-order valence-electron chi connectivity index (χ2n) is 3.17. The van der Waals surface area contributed by atoms with Crippen molar-refractivity contribution in [2.45, 2.75) is 33.2 Å². The van der Waals surface area contributed by atoms with Crippen LogP contribution < -0.4 is 5.32 Å². The molecule has 0 bridgehead atoms. The summed E-state index contributed by atoms with van der Waals surface area (Å²) in [6, 6.07) is 10.3. The standard InChI is InChI=1S/C7H8.C4H11NO2/c1-7-5-3-2-4-6-7;1-3(6)5-4(2)7/h2-6H,1H3;3-7H,1-2H3. The van der Waals surface area contributed by atoms with Gasteiger partial charge >= 0.3 is 0 Å². The number of aliphatic hydroxyl groups is 2. The highest BCUT2D eigenvalue weighted by Gasteiger charge is 1.95. The van der Waals surface area contributed by atoms with Crippen LogP contribution in [0.3, 0.4) is 0 Å². The third kappa shape index (κ3) is 9.19. The lowest BCUT2D eigenvalue weighted by atomic mass is 10.2. The molecule has 0 saturated heterocycles. The van der Waals surface area contributed by atoms with E-state index in [-0.39, 0.29) is 0 Å². The van der Waals surface area contributed by atoms with Gasteiger partial charge in [-0.05, 0) is 20.8 Å². The van der Waals surface area contributed by atoms with E-state index in [0.29, 0.717) is 0 Å². The van der Waals surface area contributed by atoms with Crippen molar-refractivity contribution in [1.29, 1.82) is 0 Å². The molecular weight excluding hydrogens is 178 g/mol. The topological polar surface area (TPSA) is 52.5 Å². The zero-order chi connectivity index (χ0) is 11.0. The molecule has 1 aromatic rings. The largest absolute Gasteiger partial charge is 0.379 e. The Hall–Kier alpha value is -0.900. The summed E-state index contributed by atoms with van der Waals surface area (Å²) in [5.74, 6) is 0. The van der Waals surface area contributed by atoms with Crippen molar-refractivity contribution in [1.82, 2.24) is 5.32 Å². The van der Waals surface area contributed by atoms with E-state index >= 15 is 0 Å². The molecule has 0 fully saturated rings. The van der Waals surface area contributed by atoms with Gasteiger partial charge in [0.05, 0.1) is 0 Å². The lowest BCUT2D eigenvalue weighted by Gasteiger charge is -2.08. The number of hydrogen-bond acceptors (Lipinski definition) is 3. The second-order valence-corrected chi connectivity index (χ2v) is 3.17. The smallest absolute Gasteiger partial charge is 0.103 e. The molecule has 0 aromatic heterocycles. The molecular formula is C11H19NO2. The van der Waals surface area contributed by atoms with Crippen LogP contribution in [0.1, 0.15) is 19.4 Å². The van der Waals surface area contributed by atoms with Crippen LogP contribution >= 0.6 is 0 Å². The Bertz CT molecular complexity index is 216. The maximum absolute atomic E-state index is 8.45. The maximum Gasteiger partial charge on any atom is 0.103 e. The zero-order valence-electron chi connectivity index (χ0n) is 8.94. The molecule has 0 heterocycles. The second kappa shape index (κ2) is 7.50. The molecule has 3 nitrogen and oxygen atoms in total. The summed E-state index contributed by atoms with van der Waals surface area (Å²) < 4.78 is 0. The van der Waals surface area contributed by atoms with Crippen molar-refractivity contribution in [3.63, 3.8) is 0 Å². The quantitative estimate of drug-likeness (QED) is 0.625. The highest BCUT2D eigenvalue weighted by Crippen LogP contribution is 1.92. The van der Waals surface area contributed by atoms with Crippen LogP contribution in [0, 0.1) is 6.92 Å². The first-order chi connectivity index (χ1) is 6.52. The summed E-state index contributed by atoms with van der Waals surface area (Å²) in [6.45, 7) is 5.18. The van der Waals surface area contributed by atoms with E-state index in [4.69, 9.17) is 10.2 Å². The molecule has 80 valence electrons. The van der Waals surface area contributed by atoms with Crippen molar-refractivity contribution in [3.05, 3.63) is 35.9 Å². The minimum absolute atomic E-state index is 0.625. The summed E-state index contributed by atoms with van der Waals surface area (Å²) in [5.41, 5.74) is 1.32. The summed E-state index contributed by atoms with van der Waals surface area (Å²) in [7, 11) is 0. The number of benzene rings is 1. The lowest BCUT2D eigenvalue weighted by molar-refractivity contribution is 0.0632. The molecule has 0 spiro atoms. The molecule has 0 radical (unpaired) electrons. The molecule has 3 N–H and O–H groups in total. The fraction of sp³-hybridized carbons (Fsp3) is 0.455. The average Bonchev–Trinajstić information content (AvgIpc) is 2.03. The highest BCUT2D eigenvalue weighted by atomic mass is 16.3. The molecule has 0 aliphatic rings. The van der Waals surface area contributed by atoms with Gasteiger partial charge in [-0.3, -0.25) is 5.32 Å².